The predicted octanol–water partition coefficient (Wildman–Crippen LogP) is 1.64. The van der Waals surface area contributed by atoms with Gasteiger partial charge in [0.15, 0.2) is 0 Å². The lowest BCUT2D eigenvalue weighted by molar-refractivity contribution is -0.0433. The largest absolute Gasteiger partial charge is 0.445 e. The molecule has 7 nitrogen and oxygen atoms in total. The summed E-state index contributed by atoms with van der Waals surface area (Å²) >= 11 is 0. The van der Waals surface area contributed by atoms with Crippen molar-refractivity contribution in [1.82, 2.24) is 24.9 Å². The Labute approximate surface area is 129 Å². The molecule has 0 spiro atoms. The van der Waals surface area contributed by atoms with E-state index in [4.69, 9.17) is 4.42 Å². The summed E-state index contributed by atoms with van der Waals surface area (Å²) in [6, 6.07) is 0.236. The number of rotatable bonds is 4. The zero-order chi connectivity index (χ0) is 15.7. The molecule has 1 fully saturated rings. The van der Waals surface area contributed by atoms with Crippen molar-refractivity contribution in [3.8, 4) is 0 Å². The fourth-order valence-corrected chi connectivity index (χ4v) is 2.88. The SMILES string of the molecule is Cc1cnc(CN2CCC[C@](O)(c3cn(C(C)C)nn3)C2)o1. The Morgan fingerprint density at radius 1 is 1.45 bits per heavy atom. The number of hydrogen-bond acceptors (Lipinski definition) is 6. The van der Waals surface area contributed by atoms with E-state index in [1.165, 1.54) is 0 Å². The van der Waals surface area contributed by atoms with Gasteiger partial charge in [0.1, 0.15) is 17.1 Å². The molecule has 7 heteroatoms. The third kappa shape index (κ3) is 3.05. The molecule has 0 saturated carbocycles. The zero-order valence-corrected chi connectivity index (χ0v) is 13.4. The molecule has 1 aliphatic heterocycles. The molecule has 0 unspecified atom stereocenters. The van der Waals surface area contributed by atoms with Gasteiger partial charge in [0.2, 0.25) is 5.89 Å². The molecule has 1 saturated heterocycles. The molecule has 2 aromatic heterocycles. The van der Waals surface area contributed by atoms with Crippen LogP contribution in [0, 0.1) is 6.92 Å². The average Bonchev–Trinajstić information content (AvgIpc) is 3.08. The van der Waals surface area contributed by atoms with Crippen LogP contribution in [-0.2, 0) is 12.1 Å². The van der Waals surface area contributed by atoms with Crippen LogP contribution in [0.3, 0.4) is 0 Å². The second-order valence-corrected chi connectivity index (χ2v) is 6.39. The number of nitrogens with zero attached hydrogens (tertiary/aromatic N) is 5. The number of β-amino-alcohol motifs (C(OH)–C–C–N with tert-alkyl or cyclic N) is 1. The summed E-state index contributed by atoms with van der Waals surface area (Å²) in [5.41, 5.74) is -0.304. The molecular weight excluding hydrogens is 282 g/mol. The molecule has 3 rings (SSSR count). The first kappa shape index (κ1) is 15.2. The normalized spacial score (nSPS) is 23.3. The number of piperidine rings is 1. The molecule has 3 heterocycles. The van der Waals surface area contributed by atoms with Gasteiger partial charge in [-0.2, -0.15) is 0 Å². The second kappa shape index (κ2) is 5.81. The van der Waals surface area contributed by atoms with Gasteiger partial charge in [-0.1, -0.05) is 5.21 Å². The quantitative estimate of drug-likeness (QED) is 0.925. The highest BCUT2D eigenvalue weighted by atomic mass is 16.4. The summed E-state index contributed by atoms with van der Waals surface area (Å²) in [7, 11) is 0. The summed E-state index contributed by atoms with van der Waals surface area (Å²) in [6.45, 7) is 8.01. The van der Waals surface area contributed by atoms with Crippen molar-refractivity contribution in [3.05, 3.63) is 29.7 Å². The topological polar surface area (TPSA) is 80.2 Å². The smallest absolute Gasteiger partial charge is 0.208 e. The van der Waals surface area contributed by atoms with Crippen LogP contribution in [0.2, 0.25) is 0 Å². The molecule has 1 N–H and O–H groups in total. The van der Waals surface area contributed by atoms with Crippen molar-refractivity contribution in [3.63, 3.8) is 0 Å². The minimum atomic E-state index is -0.951. The summed E-state index contributed by atoms with van der Waals surface area (Å²) < 4.78 is 7.31. The third-order valence-corrected chi connectivity index (χ3v) is 4.09. The maximum absolute atomic E-state index is 11.0. The van der Waals surface area contributed by atoms with Crippen molar-refractivity contribution >= 4 is 0 Å². The van der Waals surface area contributed by atoms with Crippen LogP contribution in [0.15, 0.2) is 16.8 Å². The molecule has 0 radical (unpaired) electrons. The van der Waals surface area contributed by atoms with Crippen molar-refractivity contribution < 1.29 is 9.52 Å². The molecule has 120 valence electrons. The Morgan fingerprint density at radius 3 is 2.91 bits per heavy atom. The number of aliphatic hydroxyl groups is 1. The van der Waals surface area contributed by atoms with E-state index in [2.05, 4.69) is 20.2 Å². The highest BCUT2D eigenvalue weighted by molar-refractivity contribution is 5.10. The third-order valence-electron chi connectivity index (χ3n) is 4.09. The van der Waals surface area contributed by atoms with Crippen LogP contribution >= 0.6 is 0 Å². The number of aromatic nitrogens is 4. The van der Waals surface area contributed by atoms with Gasteiger partial charge in [-0.25, -0.2) is 9.67 Å². The summed E-state index contributed by atoms with van der Waals surface area (Å²) in [5, 5.41) is 19.3. The number of aryl methyl sites for hydroxylation is 1. The lowest BCUT2D eigenvalue weighted by atomic mass is 9.90. The maximum Gasteiger partial charge on any atom is 0.208 e. The highest BCUT2D eigenvalue weighted by Crippen LogP contribution is 2.31. The van der Waals surface area contributed by atoms with Gasteiger partial charge in [0.05, 0.1) is 18.9 Å². The molecule has 1 aliphatic rings. The van der Waals surface area contributed by atoms with Gasteiger partial charge in [0.25, 0.3) is 0 Å². The highest BCUT2D eigenvalue weighted by Gasteiger charge is 2.38. The summed E-state index contributed by atoms with van der Waals surface area (Å²) in [5.74, 6) is 1.50. The molecule has 0 aromatic carbocycles. The van der Waals surface area contributed by atoms with Crippen LogP contribution in [0.1, 0.15) is 50.1 Å². The molecule has 0 bridgehead atoms. The minimum Gasteiger partial charge on any atom is -0.445 e. The molecular formula is C15H23N5O2. The predicted molar refractivity (Wildman–Crippen MR) is 80.1 cm³/mol. The lowest BCUT2D eigenvalue weighted by Gasteiger charge is -2.37. The van der Waals surface area contributed by atoms with Gasteiger partial charge < -0.3 is 9.52 Å². The van der Waals surface area contributed by atoms with E-state index in [0.717, 1.165) is 18.7 Å². The Balaban J connectivity index is 1.72. The van der Waals surface area contributed by atoms with Crippen molar-refractivity contribution in [1.29, 1.82) is 0 Å². The molecule has 2 aromatic rings. The van der Waals surface area contributed by atoms with E-state index in [-0.39, 0.29) is 6.04 Å². The summed E-state index contributed by atoms with van der Waals surface area (Å²) in [4.78, 5) is 6.39. The fraction of sp³-hybridized carbons (Fsp3) is 0.667. The monoisotopic (exact) mass is 305 g/mol. The maximum atomic E-state index is 11.0. The average molecular weight is 305 g/mol. The second-order valence-electron chi connectivity index (χ2n) is 6.39. The summed E-state index contributed by atoms with van der Waals surface area (Å²) in [6.07, 6.45) is 5.18. The van der Waals surface area contributed by atoms with Crippen LogP contribution in [-0.4, -0.2) is 43.1 Å². The standard InChI is InChI=1S/C15H23N5O2/c1-11(2)20-8-13(17-18-20)15(21)5-4-6-19(10-15)9-14-16-7-12(3)22-14/h7-8,11,21H,4-6,9-10H2,1-3H3/t15-/m1/s1. The molecule has 0 amide bonds. The first-order valence-corrected chi connectivity index (χ1v) is 7.75. The lowest BCUT2D eigenvalue weighted by Crippen LogP contribution is -2.46. The van der Waals surface area contributed by atoms with Gasteiger partial charge in [0, 0.05) is 12.6 Å². The Morgan fingerprint density at radius 2 is 2.27 bits per heavy atom. The Bertz CT molecular complexity index is 635. The Kier molecular flexibility index (Phi) is 4.01. The molecule has 1 atom stereocenters. The van der Waals surface area contributed by atoms with E-state index in [1.54, 1.807) is 10.9 Å². The van der Waals surface area contributed by atoms with E-state index < -0.39 is 5.60 Å². The van der Waals surface area contributed by atoms with Gasteiger partial charge >= 0.3 is 0 Å². The first-order valence-electron chi connectivity index (χ1n) is 7.75. The molecule has 22 heavy (non-hydrogen) atoms. The number of oxazole rings is 1. The zero-order valence-electron chi connectivity index (χ0n) is 13.4. The van der Waals surface area contributed by atoms with Gasteiger partial charge in [-0.15, -0.1) is 5.10 Å². The van der Waals surface area contributed by atoms with Crippen molar-refractivity contribution in [2.75, 3.05) is 13.1 Å². The van der Waals surface area contributed by atoms with E-state index in [1.807, 2.05) is 27.0 Å². The first-order chi connectivity index (χ1) is 10.5. The van der Waals surface area contributed by atoms with E-state index >= 15 is 0 Å². The van der Waals surface area contributed by atoms with Crippen LogP contribution in [0.25, 0.3) is 0 Å². The Hall–Kier alpha value is -1.73. The number of hydrogen-bond donors (Lipinski definition) is 1. The number of likely N-dealkylation sites (tertiary alicyclic amines) is 1. The van der Waals surface area contributed by atoms with Crippen LogP contribution in [0.4, 0.5) is 0 Å². The van der Waals surface area contributed by atoms with E-state index in [0.29, 0.717) is 31.1 Å². The van der Waals surface area contributed by atoms with Crippen molar-refractivity contribution in [2.45, 2.75) is 51.8 Å². The van der Waals surface area contributed by atoms with Gasteiger partial charge in [-0.05, 0) is 40.2 Å². The van der Waals surface area contributed by atoms with Crippen molar-refractivity contribution in [2.24, 2.45) is 0 Å². The van der Waals surface area contributed by atoms with E-state index in [9.17, 15) is 5.11 Å². The minimum absolute atomic E-state index is 0.236. The van der Waals surface area contributed by atoms with Crippen LogP contribution in [0.5, 0.6) is 0 Å². The molecule has 0 aliphatic carbocycles. The fourth-order valence-electron chi connectivity index (χ4n) is 2.88. The van der Waals surface area contributed by atoms with Gasteiger partial charge in [-0.3, -0.25) is 4.90 Å². The van der Waals surface area contributed by atoms with Crippen LogP contribution < -0.4 is 0 Å².